The van der Waals surface area contributed by atoms with Crippen LogP contribution in [0.1, 0.15) is 52.9 Å². The van der Waals surface area contributed by atoms with E-state index in [0.717, 1.165) is 12.5 Å². The highest BCUT2D eigenvalue weighted by molar-refractivity contribution is 4.97. The molecule has 2 aliphatic heterocycles. The van der Waals surface area contributed by atoms with E-state index >= 15 is 0 Å². The van der Waals surface area contributed by atoms with Crippen molar-refractivity contribution >= 4 is 0 Å². The lowest BCUT2D eigenvalue weighted by Gasteiger charge is -2.41. The summed E-state index contributed by atoms with van der Waals surface area (Å²) in [5.41, 5.74) is 6.53. The fourth-order valence-corrected chi connectivity index (χ4v) is 3.96. The number of rotatable bonds is 4. The van der Waals surface area contributed by atoms with Crippen molar-refractivity contribution in [1.29, 1.82) is 0 Å². The second-order valence-corrected chi connectivity index (χ2v) is 6.92. The molecule has 0 aromatic rings. The second kappa shape index (κ2) is 6.55. The summed E-state index contributed by atoms with van der Waals surface area (Å²) < 4.78 is 0. The van der Waals surface area contributed by atoms with Crippen LogP contribution < -0.4 is 5.73 Å². The number of hydrogen-bond donors (Lipinski definition) is 1. The summed E-state index contributed by atoms with van der Waals surface area (Å²) in [5, 5.41) is 0. The molecule has 3 nitrogen and oxygen atoms in total. The molecule has 2 N–H and O–H groups in total. The Morgan fingerprint density at radius 1 is 1.21 bits per heavy atom. The molecule has 0 aliphatic carbocycles. The lowest BCUT2D eigenvalue weighted by molar-refractivity contribution is 0.0983. The first-order valence-corrected chi connectivity index (χ1v) is 8.30. The summed E-state index contributed by atoms with van der Waals surface area (Å²) in [6.07, 6.45) is 6.57. The van der Waals surface area contributed by atoms with Crippen molar-refractivity contribution in [3.8, 4) is 0 Å². The van der Waals surface area contributed by atoms with Crippen LogP contribution in [-0.4, -0.2) is 54.1 Å². The Hall–Kier alpha value is -0.120. The van der Waals surface area contributed by atoms with Gasteiger partial charge in [-0.2, -0.15) is 0 Å². The van der Waals surface area contributed by atoms with Gasteiger partial charge in [0.1, 0.15) is 0 Å². The maximum absolute atomic E-state index is 6.24. The van der Waals surface area contributed by atoms with E-state index < -0.39 is 0 Å². The number of nitrogens with two attached hydrogens (primary N) is 1. The molecule has 0 aromatic carbocycles. The van der Waals surface area contributed by atoms with Gasteiger partial charge in [-0.1, -0.05) is 13.3 Å². The quantitative estimate of drug-likeness (QED) is 0.848. The summed E-state index contributed by atoms with van der Waals surface area (Å²) in [6, 6.07) is 0.676. The second-order valence-electron chi connectivity index (χ2n) is 6.92. The van der Waals surface area contributed by atoms with Crippen molar-refractivity contribution in [2.45, 2.75) is 64.5 Å². The zero-order valence-electron chi connectivity index (χ0n) is 13.2. The predicted octanol–water partition coefficient (Wildman–Crippen LogP) is 2.31. The third-order valence-corrected chi connectivity index (χ3v) is 5.60. The molecule has 0 bridgehead atoms. The Balaban J connectivity index is 2.02. The first kappa shape index (κ1) is 15.3. The van der Waals surface area contributed by atoms with Crippen LogP contribution in [0.25, 0.3) is 0 Å². The Morgan fingerprint density at radius 3 is 2.58 bits per heavy atom. The molecule has 0 radical (unpaired) electrons. The van der Waals surface area contributed by atoms with E-state index in [1.807, 2.05) is 0 Å². The predicted molar refractivity (Wildman–Crippen MR) is 82.3 cm³/mol. The number of hydrogen-bond acceptors (Lipinski definition) is 3. The minimum absolute atomic E-state index is 0.299. The molecule has 0 spiro atoms. The SMILES string of the molecule is CCC1CCN(C2(CN)CCCN(C(C)C)CC2)C1. The highest BCUT2D eigenvalue weighted by atomic mass is 15.2. The maximum atomic E-state index is 6.24. The normalized spacial score (nSPS) is 34.9. The number of likely N-dealkylation sites (tertiary alicyclic amines) is 2. The lowest BCUT2D eigenvalue weighted by atomic mass is 9.88. The summed E-state index contributed by atoms with van der Waals surface area (Å²) in [4.78, 5) is 5.37. The van der Waals surface area contributed by atoms with Crippen molar-refractivity contribution in [3.63, 3.8) is 0 Å². The van der Waals surface area contributed by atoms with Gasteiger partial charge in [0, 0.05) is 31.2 Å². The standard InChI is InChI=1S/C16H33N3/c1-4-15-6-10-19(12-15)16(13-17)7-5-9-18(11-8-16)14(2)3/h14-15H,4-13,17H2,1-3H3. The molecule has 2 unspecified atom stereocenters. The van der Waals surface area contributed by atoms with Crippen molar-refractivity contribution in [2.75, 3.05) is 32.7 Å². The molecule has 112 valence electrons. The third kappa shape index (κ3) is 3.32. The molecular formula is C16H33N3. The van der Waals surface area contributed by atoms with Crippen LogP contribution in [0.15, 0.2) is 0 Å². The average Bonchev–Trinajstić information content (AvgIpc) is 2.78. The van der Waals surface area contributed by atoms with Gasteiger partial charge >= 0.3 is 0 Å². The molecule has 19 heavy (non-hydrogen) atoms. The van der Waals surface area contributed by atoms with Crippen molar-refractivity contribution in [1.82, 2.24) is 9.80 Å². The topological polar surface area (TPSA) is 32.5 Å². The minimum atomic E-state index is 0.299. The first-order valence-electron chi connectivity index (χ1n) is 8.30. The molecule has 2 fully saturated rings. The van der Waals surface area contributed by atoms with Crippen LogP contribution in [0, 0.1) is 5.92 Å². The van der Waals surface area contributed by atoms with Gasteiger partial charge < -0.3 is 10.6 Å². The fourth-order valence-electron chi connectivity index (χ4n) is 3.96. The molecule has 0 saturated carbocycles. The molecule has 2 saturated heterocycles. The van der Waals surface area contributed by atoms with E-state index in [1.54, 1.807) is 0 Å². The van der Waals surface area contributed by atoms with E-state index in [0.29, 0.717) is 11.6 Å². The summed E-state index contributed by atoms with van der Waals surface area (Å²) in [7, 11) is 0. The van der Waals surface area contributed by atoms with E-state index in [-0.39, 0.29) is 0 Å². The van der Waals surface area contributed by atoms with Gasteiger partial charge in [0.25, 0.3) is 0 Å². The number of nitrogens with zero attached hydrogens (tertiary/aromatic N) is 2. The van der Waals surface area contributed by atoms with Gasteiger partial charge in [0.05, 0.1) is 0 Å². The highest BCUT2D eigenvalue weighted by Crippen LogP contribution is 2.34. The largest absolute Gasteiger partial charge is 0.329 e. The van der Waals surface area contributed by atoms with Crippen molar-refractivity contribution < 1.29 is 0 Å². The van der Waals surface area contributed by atoms with Gasteiger partial charge in [-0.15, -0.1) is 0 Å². The minimum Gasteiger partial charge on any atom is -0.329 e. The van der Waals surface area contributed by atoms with E-state index in [2.05, 4.69) is 30.6 Å². The van der Waals surface area contributed by atoms with E-state index in [1.165, 1.54) is 58.3 Å². The zero-order valence-corrected chi connectivity index (χ0v) is 13.2. The molecule has 2 heterocycles. The van der Waals surface area contributed by atoms with E-state index in [9.17, 15) is 0 Å². The van der Waals surface area contributed by atoms with E-state index in [4.69, 9.17) is 5.73 Å². The Morgan fingerprint density at radius 2 is 2.00 bits per heavy atom. The Labute approximate surface area is 119 Å². The van der Waals surface area contributed by atoms with Crippen LogP contribution in [-0.2, 0) is 0 Å². The van der Waals surface area contributed by atoms with Crippen LogP contribution in [0.5, 0.6) is 0 Å². The van der Waals surface area contributed by atoms with Gasteiger partial charge in [0.2, 0.25) is 0 Å². The Kier molecular flexibility index (Phi) is 5.27. The first-order chi connectivity index (χ1) is 9.11. The van der Waals surface area contributed by atoms with Crippen LogP contribution in [0.2, 0.25) is 0 Å². The smallest absolute Gasteiger partial charge is 0.0344 e. The summed E-state index contributed by atoms with van der Waals surface area (Å²) in [6.45, 7) is 12.8. The molecule has 3 heteroatoms. The van der Waals surface area contributed by atoms with Crippen LogP contribution in [0.4, 0.5) is 0 Å². The third-order valence-electron chi connectivity index (χ3n) is 5.60. The molecule has 2 atom stereocenters. The van der Waals surface area contributed by atoms with Crippen molar-refractivity contribution in [3.05, 3.63) is 0 Å². The fraction of sp³-hybridized carbons (Fsp3) is 1.00. The van der Waals surface area contributed by atoms with Crippen LogP contribution >= 0.6 is 0 Å². The maximum Gasteiger partial charge on any atom is 0.0344 e. The van der Waals surface area contributed by atoms with Gasteiger partial charge in [-0.3, -0.25) is 4.90 Å². The van der Waals surface area contributed by atoms with Crippen molar-refractivity contribution in [2.24, 2.45) is 11.7 Å². The molecule has 2 aliphatic rings. The highest BCUT2D eigenvalue weighted by Gasteiger charge is 2.40. The summed E-state index contributed by atoms with van der Waals surface area (Å²) in [5.74, 6) is 0.910. The monoisotopic (exact) mass is 267 g/mol. The molecular weight excluding hydrogens is 234 g/mol. The molecule has 0 amide bonds. The molecule has 2 rings (SSSR count). The zero-order chi connectivity index (χ0) is 13.9. The van der Waals surface area contributed by atoms with Gasteiger partial charge in [-0.05, 0) is 58.5 Å². The lowest BCUT2D eigenvalue weighted by Crippen LogP contribution is -2.53. The Bertz CT molecular complexity index is 279. The van der Waals surface area contributed by atoms with Gasteiger partial charge in [-0.25, -0.2) is 0 Å². The van der Waals surface area contributed by atoms with Gasteiger partial charge in [0.15, 0.2) is 0 Å². The molecule has 0 aromatic heterocycles. The van der Waals surface area contributed by atoms with Crippen LogP contribution in [0.3, 0.4) is 0 Å². The summed E-state index contributed by atoms with van der Waals surface area (Å²) >= 11 is 0. The average molecular weight is 267 g/mol.